The molecule has 2 N–H and O–H groups in total. The van der Waals surface area contributed by atoms with E-state index in [4.69, 9.17) is 14.6 Å². The summed E-state index contributed by atoms with van der Waals surface area (Å²) in [6, 6.07) is 10.9. The Kier molecular flexibility index (Phi) is 6.59. The Balaban J connectivity index is 0.000000185. The summed E-state index contributed by atoms with van der Waals surface area (Å²) in [7, 11) is 0. The first-order valence-corrected chi connectivity index (χ1v) is 7.97. The van der Waals surface area contributed by atoms with Gasteiger partial charge in [-0.1, -0.05) is 12.1 Å². The van der Waals surface area contributed by atoms with Gasteiger partial charge in [0.2, 0.25) is 0 Å². The SMILES string of the molecule is Cc1ccc(OCCO)c([N+](=O)[O-])c1.Cc1ccc2c(c1)NCCO2. The van der Waals surface area contributed by atoms with Crippen molar-refractivity contribution in [2.45, 2.75) is 13.8 Å². The number of aliphatic hydroxyl groups excluding tert-OH is 1. The molecule has 0 atom stereocenters. The fourth-order valence-electron chi connectivity index (χ4n) is 2.30. The third kappa shape index (κ3) is 5.36. The van der Waals surface area contributed by atoms with E-state index in [0.29, 0.717) is 0 Å². The van der Waals surface area contributed by atoms with Gasteiger partial charge < -0.3 is 19.9 Å². The number of hydrogen-bond donors (Lipinski definition) is 2. The molecule has 0 saturated carbocycles. The number of anilines is 1. The van der Waals surface area contributed by atoms with E-state index in [0.717, 1.165) is 30.2 Å². The summed E-state index contributed by atoms with van der Waals surface area (Å²) in [5, 5.41) is 22.4. The Morgan fingerprint density at radius 3 is 2.68 bits per heavy atom. The molecule has 0 spiro atoms. The van der Waals surface area contributed by atoms with E-state index < -0.39 is 4.92 Å². The second-order valence-electron chi connectivity index (χ2n) is 5.58. The van der Waals surface area contributed by atoms with Gasteiger partial charge in [0.1, 0.15) is 19.0 Å². The van der Waals surface area contributed by atoms with Crippen molar-refractivity contribution in [3.05, 3.63) is 57.6 Å². The molecule has 0 radical (unpaired) electrons. The van der Waals surface area contributed by atoms with Crippen molar-refractivity contribution in [2.75, 3.05) is 31.7 Å². The molecule has 0 aliphatic carbocycles. The molecule has 1 aliphatic rings. The van der Waals surface area contributed by atoms with Crippen LogP contribution in [-0.4, -0.2) is 36.4 Å². The molecule has 0 unspecified atom stereocenters. The van der Waals surface area contributed by atoms with Crippen LogP contribution in [0.4, 0.5) is 11.4 Å². The van der Waals surface area contributed by atoms with Crippen LogP contribution in [0.1, 0.15) is 11.1 Å². The molecule has 0 bridgehead atoms. The lowest BCUT2D eigenvalue weighted by Gasteiger charge is -2.18. The monoisotopic (exact) mass is 346 g/mol. The van der Waals surface area contributed by atoms with Gasteiger partial charge in [-0.2, -0.15) is 0 Å². The van der Waals surface area contributed by atoms with E-state index in [-0.39, 0.29) is 24.7 Å². The zero-order chi connectivity index (χ0) is 18.2. The number of fused-ring (bicyclic) bond motifs is 1. The average Bonchev–Trinajstić information content (AvgIpc) is 2.61. The van der Waals surface area contributed by atoms with Crippen LogP contribution < -0.4 is 14.8 Å². The Morgan fingerprint density at radius 1 is 1.24 bits per heavy atom. The largest absolute Gasteiger partial charge is 0.490 e. The van der Waals surface area contributed by atoms with E-state index in [1.807, 2.05) is 6.07 Å². The number of nitro groups is 1. The number of hydrogen-bond acceptors (Lipinski definition) is 6. The number of aryl methyl sites for hydroxylation is 2. The molecule has 2 aromatic rings. The molecule has 2 aromatic carbocycles. The lowest BCUT2D eigenvalue weighted by molar-refractivity contribution is -0.385. The molecular weight excluding hydrogens is 324 g/mol. The Bertz CT molecular complexity index is 733. The highest BCUT2D eigenvalue weighted by Crippen LogP contribution is 2.28. The van der Waals surface area contributed by atoms with Crippen LogP contribution >= 0.6 is 0 Å². The average molecular weight is 346 g/mol. The number of nitrogens with one attached hydrogen (secondary N) is 1. The Hall–Kier alpha value is -2.80. The predicted molar refractivity (Wildman–Crippen MR) is 95.6 cm³/mol. The lowest BCUT2D eigenvalue weighted by Crippen LogP contribution is -2.17. The molecular formula is C18H22N2O5. The highest BCUT2D eigenvalue weighted by Gasteiger charge is 2.14. The van der Waals surface area contributed by atoms with Crippen LogP contribution in [-0.2, 0) is 0 Å². The van der Waals surface area contributed by atoms with Gasteiger partial charge in [-0.05, 0) is 43.2 Å². The minimum Gasteiger partial charge on any atom is -0.490 e. The maximum absolute atomic E-state index is 10.6. The molecule has 1 aliphatic heterocycles. The first-order valence-electron chi connectivity index (χ1n) is 7.97. The second-order valence-corrected chi connectivity index (χ2v) is 5.58. The quantitative estimate of drug-likeness (QED) is 0.653. The van der Waals surface area contributed by atoms with Crippen molar-refractivity contribution in [1.82, 2.24) is 0 Å². The van der Waals surface area contributed by atoms with Gasteiger partial charge in [0.15, 0.2) is 5.75 Å². The smallest absolute Gasteiger partial charge is 0.311 e. The number of aliphatic hydroxyl groups is 1. The minimum atomic E-state index is -0.500. The molecule has 0 saturated heterocycles. The number of benzene rings is 2. The minimum absolute atomic E-state index is 0.0594. The van der Waals surface area contributed by atoms with Crippen LogP contribution in [0.15, 0.2) is 36.4 Å². The van der Waals surface area contributed by atoms with Gasteiger partial charge in [0, 0.05) is 12.6 Å². The van der Waals surface area contributed by atoms with Crippen LogP contribution in [0.25, 0.3) is 0 Å². The van der Waals surface area contributed by atoms with Gasteiger partial charge in [-0.3, -0.25) is 10.1 Å². The van der Waals surface area contributed by atoms with Crippen molar-refractivity contribution in [1.29, 1.82) is 0 Å². The van der Waals surface area contributed by atoms with E-state index in [1.54, 1.807) is 13.0 Å². The summed E-state index contributed by atoms with van der Waals surface area (Å²) in [5.74, 6) is 1.16. The maximum Gasteiger partial charge on any atom is 0.311 e. The van der Waals surface area contributed by atoms with Crippen LogP contribution in [0.2, 0.25) is 0 Å². The number of rotatable bonds is 4. The molecule has 0 aromatic heterocycles. The van der Waals surface area contributed by atoms with Crippen molar-refractivity contribution in [3.8, 4) is 11.5 Å². The topological polar surface area (TPSA) is 93.9 Å². The third-order valence-electron chi connectivity index (χ3n) is 3.47. The first-order chi connectivity index (χ1) is 12.0. The molecule has 0 amide bonds. The van der Waals surface area contributed by atoms with Crippen molar-refractivity contribution in [3.63, 3.8) is 0 Å². The van der Waals surface area contributed by atoms with Gasteiger partial charge >= 0.3 is 5.69 Å². The molecule has 0 fully saturated rings. The Labute approximate surface area is 146 Å². The van der Waals surface area contributed by atoms with Crippen LogP contribution in [0, 0.1) is 24.0 Å². The highest BCUT2D eigenvalue weighted by molar-refractivity contribution is 5.59. The normalized spacial score (nSPS) is 12.0. The molecule has 7 nitrogen and oxygen atoms in total. The van der Waals surface area contributed by atoms with Gasteiger partial charge in [-0.15, -0.1) is 0 Å². The molecule has 134 valence electrons. The maximum atomic E-state index is 10.6. The zero-order valence-corrected chi connectivity index (χ0v) is 14.3. The number of nitrogens with zero attached hydrogens (tertiary/aromatic N) is 1. The summed E-state index contributed by atoms with van der Waals surface area (Å²) >= 11 is 0. The van der Waals surface area contributed by atoms with Gasteiger partial charge in [0.05, 0.1) is 17.2 Å². The fourth-order valence-corrected chi connectivity index (χ4v) is 2.30. The Morgan fingerprint density at radius 2 is 1.96 bits per heavy atom. The first kappa shape index (κ1) is 18.5. The van der Waals surface area contributed by atoms with Crippen LogP contribution in [0.3, 0.4) is 0 Å². The second kappa shape index (κ2) is 8.89. The molecule has 25 heavy (non-hydrogen) atoms. The summed E-state index contributed by atoms with van der Waals surface area (Å²) < 4.78 is 10.4. The van der Waals surface area contributed by atoms with E-state index >= 15 is 0 Å². The number of ether oxygens (including phenoxy) is 2. The van der Waals surface area contributed by atoms with Crippen molar-refractivity contribution in [2.24, 2.45) is 0 Å². The van der Waals surface area contributed by atoms with E-state index in [1.165, 1.54) is 17.7 Å². The van der Waals surface area contributed by atoms with Crippen LogP contribution in [0.5, 0.6) is 11.5 Å². The van der Waals surface area contributed by atoms with Gasteiger partial charge in [-0.25, -0.2) is 0 Å². The lowest BCUT2D eigenvalue weighted by atomic mass is 10.2. The van der Waals surface area contributed by atoms with Crippen molar-refractivity contribution < 1.29 is 19.5 Å². The highest BCUT2D eigenvalue weighted by atomic mass is 16.6. The molecule has 3 rings (SSSR count). The standard InChI is InChI=1S/C9H11NO4.C9H11NO/c1-7-2-3-9(14-5-4-11)8(6-7)10(12)13;1-7-2-3-9-8(6-7)10-4-5-11-9/h2-3,6,11H,4-5H2,1H3;2-3,6,10H,4-5H2,1H3. The number of nitro benzene ring substituents is 1. The predicted octanol–water partition coefficient (Wildman–Crippen LogP) is 3.07. The van der Waals surface area contributed by atoms with Crippen molar-refractivity contribution >= 4 is 11.4 Å². The third-order valence-corrected chi connectivity index (χ3v) is 3.47. The zero-order valence-electron chi connectivity index (χ0n) is 14.3. The van der Waals surface area contributed by atoms with E-state index in [9.17, 15) is 10.1 Å². The summed E-state index contributed by atoms with van der Waals surface area (Å²) in [5.41, 5.74) is 3.12. The van der Waals surface area contributed by atoms with E-state index in [2.05, 4.69) is 24.4 Å². The molecule has 7 heteroatoms. The summed E-state index contributed by atoms with van der Waals surface area (Å²) in [4.78, 5) is 10.1. The fraction of sp³-hybridized carbons (Fsp3) is 0.333. The van der Waals surface area contributed by atoms with Gasteiger partial charge in [0.25, 0.3) is 0 Å². The summed E-state index contributed by atoms with van der Waals surface area (Å²) in [6.45, 7) is 5.43. The summed E-state index contributed by atoms with van der Waals surface area (Å²) in [6.07, 6.45) is 0. The molecule has 1 heterocycles.